The van der Waals surface area contributed by atoms with Gasteiger partial charge in [-0.3, -0.25) is 0 Å². The highest BCUT2D eigenvalue weighted by atomic mass is 79.9. The minimum absolute atomic E-state index is 0.618. The Balaban J connectivity index is 1.89. The predicted molar refractivity (Wildman–Crippen MR) is 98.9 cm³/mol. The Morgan fingerprint density at radius 3 is 2.61 bits per heavy atom. The number of nitrogens with one attached hydrogen (secondary N) is 1. The zero-order chi connectivity index (χ0) is 16.0. The van der Waals surface area contributed by atoms with E-state index in [9.17, 15) is 0 Å². The Labute approximate surface area is 152 Å². The molecule has 0 radical (unpaired) electrons. The van der Waals surface area contributed by atoms with Crippen LogP contribution in [0.4, 0.5) is 5.82 Å². The third-order valence-electron chi connectivity index (χ3n) is 3.91. The first-order chi connectivity index (χ1) is 11.1. The fraction of sp³-hybridized carbons (Fsp3) is 0.118. The Morgan fingerprint density at radius 1 is 1.09 bits per heavy atom. The van der Waals surface area contributed by atoms with Crippen LogP contribution in [-0.2, 0) is 6.42 Å². The lowest BCUT2D eigenvalue weighted by molar-refractivity contribution is 0.882. The van der Waals surface area contributed by atoms with Crippen LogP contribution in [0.3, 0.4) is 0 Å². The fourth-order valence-electron chi connectivity index (χ4n) is 2.84. The fourth-order valence-corrected chi connectivity index (χ4v) is 3.60. The molecule has 0 saturated heterocycles. The minimum atomic E-state index is 0.618. The van der Waals surface area contributed by atoms with E-state index in [1.807, 2.05) is 41.1 Å². The normalized spacial score (nSPS) is 13.0. The number of anilines is 1. The maximum atomic E-state index is 6.38. The Bertz CT molecular complexity index is 888. The molecule has 1 aliphatic heterocycles. The van der Waals surface area contributed by atoms with Gasteiger partial charge in [-0.2, -0.15) is 5.10 Å². The van der Waals surface area contributed by atoms with Crippen molar-refractivity contribution < 1.29 is 0 Å². The predicted octanol–water partition coefficient (Wildman–Crippen LogP) is 5.58. The number of rotatable bonds is 2. The second kappa shape index (κ2) is 5.86. The highest BCUT2D eigenvalue weighted by molar-refractivity contribution is 9.10. The Kier molecular flexibility index (Phi) is 3.84. The third kappa shape index (κ3) is 2.65. The van der Waals surface area contributed by atoms with Crippen LogP contribution in [0.2, 0.25) is 10.0 Å². The van der Waals surface area contributed by atoms with Gasteiger partial charge in [0.15, 0.2) is 0 Å². The molecule has 2 aromatic carbocycles. The van der Waals surface area contributed by atoms with Crippen LogP contribution in [-0.4, -0.2) is 16.3 Å². The van der Waals surface area contributed by atoms with E-state index in [0.717, 1.165) is 40.2 Å². The summed E-state index contributed by atoms with van der Waals surface area (Å²) < 4.78 is 2.98. The van der Waals surface area contributed by atoms with E-state index < -0.39 is 0 Å². The van der Waals surface area contributed by atoms with Gasteiger partial charge in [0, 0.05) is 27.2 Å². The average Bonchev–Trinajstić information content (AvgIpc) is 3.11. The van der Waals surface area contributed by atoms with Crippen molar-refractivity contribution in [3.8, 4) is 16.9 Å². The van der Waals surface area contributed by atoms with Gasteiger partial charge in [-0.15, -0.1) is 0 Å². The summed E-state index contributed by atoms with van der Waals surface area (Å²) in [6.45, 7) is 0.905. The van der Waals surface area contributed by atoms with Crippen molar-refractivity contribution in [2.24, 2.45) is 0 Å². The maximum absolute atomic E-state index is 6.38. The summed E-state index contributed by atoms with van der Waals surface area (Å²) in [7, 11) is 0. The van der Waals surface area contributed by atoms with E-state index in [-0.39, 0.29) is 0 Å². The van der Waals surface area contributed by atoms with Gasteiger partial charge in [-0.25, -0.2) is 4.68 Å². The van der Waals surface area contributed by atoms with Gasteiger partial charge in [0.1, 0.15) is 5.82 Å². The molecule has 0 fully saturated rings. The maximum Gasteiger partial charge on any atom is 0.133 e. The number of fused-ring (bicyclic) bond motifs is 1. The topological polar surface area (TPSA) is 29.9 Å². The molecular weight excluding hydrogens is 397 g/mol. The molecule has 0 bridgehead atoms. The number of halogens is 3. The second-order valence-electron chi connectivity index (χ2n) is 5.36. The number of hydrogen-bond acceptors (Lipinski definition) is 2. The van der Waals surface area contributed by atoms with Crippen LogP contribution < -0.4 is 5.32 Å². The first-order valence-electron chi connectivity index (χ1n) is 7.20. The van der Waals surface area contributed by atoms with E-state index in [4.69, 9.17) is 28.3 Å². The third-order valence-corrected chi connectivity index (χ3v) is 4.98. The molecule has 0 atom stereocenters. The molecule has 0 spiro atoms. The molecule has 4 rings (SSSR count). The highest BCUT2D eigenvalue weighted by Gasteiger charge is 2.25. The molecule has 116 valence electrons. The monoisotopic (exact) mass is 407 g/mol. The largest absolute Gasteiger partial charge is 0.369 e. The summed E-state index contributed by atoms with van der Waals surface area (Å²) in [4.78, 5) is 0. The van der Waals surface area contributed by atoms with E-state index >= 15 is 0 Å². The number of aromatic nitrogens is 2. The summed E-state index contributed by atoms with van der Waals surface area (Å²) in [5.74, 6) is 1.04. The van der Waals surface area contributed by atoms with Crippen LogP contribution in [0.15, 0.2) is 46.9 Å². The van der Waals surface area contributed by atoms with Crippen molar-refractivity contribution in [3.63, 3.8) is 0 Å². The van der Waals surface area contributed by atoms with Crippen molar-refractivity contribution in [3.05, 3.63) is 62.5 Å². The summed E-state index contributed by atoms with van der Waals surface area (Å²) >= 11 is 15.9. The smallest absolute Gasteiger partial charge is 0.133 e. The lowest BCUT2D eigenvalue weighted by atomic mass is 10.1. The van der Waals surface area contributed by atoms with E-state index in [1.54, 1.807) is 6.07 Å². The molecule has 6 heteroatoms. The lowest BCUT2D eigenvalue weighted by Crippen LogP contribution is -2.04. The molecule has 0 aliphatic carbocycles. The van der Waals surface area contributed by atoms with Crippen LogP contribution >= 0.6 is 39.1 Å². The second-order valence-corrected chi connectivity index (χ2v) is 7.12. The summed E-state index contributed by atoms with van der Waals surface area (Å²) in [5.41, 5.74) is 4.02. The average molecular weight is 409 g/mol. The number of benzene rings is 2. The summed E-state index contributed by atoms with van der Waals surface area (Å²) in [5, 5.41) is 9.47. The molecule has 1 aliphatic rings. The van der Waals surface area contributed by atoms with Crippen molar-refractivity contribution in [1.82, 2.24) is 9.78 Å². The van der Waals surface area contributed by atoms with Gasteiger partial charge >= 0.3 is 0 Å². The molecule has 0 unspecified atom stereocenters. The zero-order valence-corrected chi connectivity index (χ0v) is 15.1. The summed E-state index contributed by atoms with van der Waals surface area (Å²) in [6, 6.07) is 13.6. The quantitative estimate of drug-likeness (QED) is 0.600. The van der Waals surface area contributed by atoms with Gasteiger partial charge in [-0.05, 0) is 48.9 Å². The first-order valence-corrected chi connectivity index (χ1v) is 8.75. The number of nitrogens with zero attached hydrogens (tertiary/aromatic N) is 2. The van der Waals surface area contributed by atoms with Crippen LogP contribution in [0.25, 0.3) is 16.9 Å². The molecule has 3 nitrogen and oxygen atoms in total. The van der Waals surface area contributed by atoms with Gasteiger partial charge in [-0.1, -0.05) is 39.1 Å². The molecule has 0 saturated carbocycles. The van der Waals surface area contributed by atoms with Crippen LogP contribution in [0.5, 0.6) is 0 Å². The molecule has 2 heterocycles. The Morgan fingerprint density at radius 2 is 1.87 bits per heavy atom. The van der Waals surface area contributed by atoms with Crippen molar-refractivity contribution in [1.29, 1.82) is 0 Å². The molecule has 3 aromatic rings. The van der Waals surface area contributed by atoms with Gasteiger partial charge in [0.2, 0.25) is 0 Å². The van der Waals surface area contributed by atoms with E-state index in [2.05, 4.69) is 21.2 Å². The van der Waals surface area contributed by atoms with Crippen LogP contribution in [0.1, 0.15) is 5.56 Å². The number of hydrogen-bond donors (Lipinski definition) is 1. The van der Waals surface area contributed by atoms with E-state index in [0.29, 0.717) is 10.0 Å². The first kappa shape index (κ1) is 15.1. The van der Waals surface area contributed by atoms with Crippen molar-refractivity contribution in [2.75, 3.05) is 11.9 Å². The molecule has 1 N–H and O–H groups in total. The van der Waals surface area contributed by atoms with Crippen molar-refractivity contribution >= 4 is 44.9 Å². The van der Waals surface area contributed by atoms with Crippen LogP contribution in [0, 0.1) is 0 Å². The molecule has 0 amide bonds. The summed E-state index contributed by atoms with van der Waals surface area (Å²) in [6.07, 6.45) is 0.931. The SMILES string of the molecule is Clc1ccc(-c2nn(-c3ccc(Br)cc3)c3c2CCN3)c(Cl)c1. The highest BCUT2D eigenvalue weighted by Crippen LogP contribution is 2.38. The van der Waals surface area contributed by atoms with Gasteiger partial charge < -0.3 is 5.32 Å². The van der Waals surface area contributed by atoms with Crippen molar-refractivity contribution in [2.45, 2.75) is 6.42 Å². The lowest BCUT2D eigenvalue weighted by Gasteiger charge is -2.06. The molecule has 1 aromatic heterocycles. The molecule has 23 heavy (non-hydrogen) atoms. The zero-order valence-electron chi connectivity index (χ0n) is 12.0. The molecular formula is C17H12BrCl2N3. The minimum Gasteiger partial charge on any atom is -0.369 e. The standard InChI is InChI=1S/C17H12BrCl2N3/c18-10-1-4-12(5-2-10)23-17-14(7-8-21-17)16(22-23)13-6-3-11(19)9-15(13)20/h1-6,9,21H,7-8H2. The van der Waals surface area contributed by atoms with E-state index in [1.165, 1.54) is 5.56 Å². The Hall–Kier alpha value is -1.49. The van der Waals surface area contributed by atoms with Gasteiger partial charge in [0.05, 0.1) is 16.4 Å². The van der Waals surface area contributed by atoms with Gasteiger partial charge in [0.25, 0.3) is 0 Å².